The van der Waals surface area contributed by atoms with Crippen molar-refractivity contribution in [3.8, 4) is 0 Å². The van der Waals surface area contributed by atoms with Gasteiger partial charge in [0, 0.05) is 18.3 Å². The Morgan fingerprint density at radius 3 is 2.54 bits per heavy atom. The highest BCUT2D eigenvalue weighted by atomic mass is 19.4. The topological polar surface area (TPSA) is 12.9 Å². The third-order valence-corrected chi connectivity index (χ3v) is 1.80. The second-order valence-electron chi connectivity index (χ2n) is 2.97. The van der Waals surface area contributed by atoms with Gasteiger partial charge in [0.2, 0.25) is 0 Å². The van der Waals surface area contributed by atoms with Gasteiger partial charge in [-0.2, -0.15) is 13.2 Å². The van der Waals surface area contributed by atoms with Crippen molar-refractivity contribution in [1.82, 2.24) is 4.98 Å². The van der Waals surface area contributed by atoms with E-state index in [1.807, 2.05) is 0 Å². The Labute approximate surface area is 74.6 Å². The van der Waals surface area contributed by atoms with E-state index in [9.17, 15) is 13.2 Å². The minimum atomic E-state index is -4.13. The maximum Gasteiger partial charge on any atom is 0.391 e. The van der Waals surface area contributed by atoms with Gasteiger partial charge >= 0.3 is 6.18 Å². The summed E-state index contributed by atoms with van der Waals surface area (Å²) in [7, 11) is 0. The van der Waals surface area contributed by atoms with Crippen molar-refractivity contribution in [2.24, 2.45) is 5.92 Å². The van der Waals surface area contributed by atoms with Gasteiger partial charge in [0.25, 0.3) is 0 Å². The van der Waals surface area contributed by atoms with E-state index in [2.05, 4.69) is 4.98 Å². The summed E-state index contributed by atoms with van der Waals surface area (Å²) < 4.78 is 36.3. The van der Waals surface area contributed by atoms with E-state index in [0.717, 1.165) is 6.92 Å². The van der Waals surface area contributed by atoms with Crippen LogP contribution in [0.25, 0.3) is 0 Å². The Hall–Kier alpha value is -1.06. The van der Waals surface area contributed by atoms with E-state index in [-0.39, 0.29) is 6.42 Å². The molecule has 1 heterocycles. The van der Waals surface area contributed by atoms with Gasteiger partial charge in [-0.3, -0.25) is 4.98 Å². The third kappa shape index (κ3) is 3.05. The molecule has 0 aliphatic carbocycles. The average molecular weight is 189 g/mol. The minimum Gasteiger partial charge on any atom is -0.261 e. The van der Waals surface area contributed by atoms with Crippen LogP contribution >= 0.6 is 0 Å². The molecule has 1 atom stereocenters. The van der Waals surface area contributed by atoms with Crippen molar-refractivity contribution < 1.29 is 13.2 Å². The summed E-state index contributed by atoms with van der Waals surface area (Å²) >= 11 is 0. The van der Waals surface area contributed by atoms with Gasteiger partial charge in [0.1, 0.15) is 0 Å². The number of hydrogen-bond acceptors (Lipinski definition) is 1. The lowest BCUT2D eigenvalue weighted by molar-refractivity contribution is -0.169. The molecule has 1 aromatic rings. The highest BCUT2D eigenvalue weighted by Crippen LogP contribution is 2.27. The van der Waals surface area contributed by atoms with Crippen molar-refractivity contribution in [2.45, 2.75) is 19.5 Å². The van der Waals surface area contributed by atoms with E-state index in [1.165, 1.54) is 6.20 Å². The molecule has 0 N–H and O–H groups in total. The van der Waals surface area contributed by atoms with Crippen LogP contribution in [0.2, 0.25) is 0 Å². The molecule has 0 saturated carbocycles. The standard InChI is InChI=1S/C9H10F3N/c1-7(9(10,11)12)6-8-4-2-3-5-13-8/h2-5,7H,6H2,1H3. The first kappa shape index (κ1) is 10.0. The van der Waals surface area contributed by atoms with Crippen molar-refractivity contribution in [3.05, 3.63) is 30.1 Å². The van der Waals surface area contributed by atoms with Crippen LogP contribution in [-0.4, -0.2) is 11.2 Å². The molecule has 72 valence electrons. The summed E-state index contributed by atoms with van der Waals surface area (Å²) in [6.07, 6.45) is -2.68. The van der Waals surface area contributed by atoms with Crippen LogP contribution in [0.3, 0.4) is 0 Å². The van der Waals surface area contributed by atoms with Gasteiger partial charge in [-0.25, -0.2) is 0 Å². The predicted molar refractivity (Wildman–Crippen MR) is 43.2 cm³/mol. The lowest BCUT2D eigenvalue weighted by atomic mass is 10.1. The Kier molecular flexibility index (Phi) is 2.90. The molecule has 0 fully saturated rings. The SMILES string of the molecule is CC(Cc1ccccn1)C(F)(F)F. The van der Waals surface area contributed by atoms with Crippen LogP contribution in [0.4, 0.5) is 13.2 Å². The number of nitrogens with zero attached hydrogens (tertiary/aromatic N) is 1. The van der Waals surface area contributed by atoms with E-state index < -0.39 is 12.1 Å². The molecular weight excluding hydrogens is 179 g/mol. The molecule has 0 spiro atoms. The van der Waals surface area contributed by atoms with E-state index in [0.29, 0.717) is 5.69 Å². The molecule has 0 radical (unpaired) electrons. The zero-order valence-electron chi connectivity index (χ0n) is 7.17. The van der Waals surface area contributed by atoms with E-state index in [1.54, 1.807) is 18.2 Å². The van der Waals surface area contributed by atoms with Crippen molar-refractivity contribution >= 4 is 0 Å². The molecule has 0 aliphatic heterocycles. The first-order chi connectivity index (χ1) is 6.00. The van der Waals surface area contributed by atoms with Crippen LogP contribution in [0.1, 0.15) is 12.6 Å². The highest BCUT2D eigenvalue weighted by molar-refractivity contribution is 5.04. The summed E-state index contributed by atoms with van der Waals surface area (Å²) in [6, 6.07) is 4.97. The number of pyridine rings is 1. The number of halogens is 3. The van der Waals surface area contributed by atoms with Crippen molar-refractivity contribution in [1.29, 1.82) is 0 Å². The van der Waals surface area contributed by atoms with Crippen molar-refractivity contribution in [2.75, 3.05) is 0 Å². The molecule has 4 heteroatoms. The quantitative estimate of drug-likeness (QED) is 0.697. The summed E-state index contributed by atoms with van der Waals surface area (Å²) in [4.78, 5) is 3.83. The zero-order valence-corrected chi connectivity index (χ0v) is 7.17. The molecular formula is C9H10F3N. The molecule has 0 aliphatic rings. The molecule has 13 heavy (non-hydrogen) atoms. The molecule has 1 rings (SSSR count). The summed E-state index contributed by atoms with van der Waals surface area (Å²) in [6.45, 7) is 1.16. The average Bonchev–Trinajstić information content (AvgIpc) is 2.04. The van der Waals surface area contributed by atoms with E-state index in [4.69, 9.17) is 0 Å². The second kappa shape index (κ2) is 3.77. The Morgan fingerprint density at radius 2 is 2.08 bits per heavy atom. The fraction of sp³-hybridized carbons (Fsp3) is 0.444. The molecule has 1 aromatic heterocycles. The van der Waals surface area contributed by atoms with Gasteiger partial charge in [-0.05, 0) is 12.1 Å². The van der Waals surface area contributed by atoms with Crippen LogP contribution in [0.15, 0.2) is 24.4 Å². The molecule has 1 unspecified atom stereocenters. The number of hydrogen-bond donors (Lipinski definition) is 0. The molecule has 0 saturated heterocycles. The second-order valence-corrected chi connectivity index (χ2v) is 2.97. The first-order valence-electron chi connectivity index (χ1n) is 3.97. The lowest BCUT2D eigenvalue weighted by Gasteiger charge is -2.14. The monoisotopic (exact) mass is 189 g/mol. The van der Waals surface area contributed by atoms with Crippen LogP contribution in [-0.2, 0) is 6.42 Å². The van der Waals surface area contributed by atoms with Crippen LogP contribution in [0.5, 0.6) is 0 Å². The highest BCUT2D eigenvalue weighted by Gasteiger charge is 2.35. The summed E-state index contributed by atoms with van der Waals surface area (Å²) in [5.41, 5.74) is 0.479. The van der Waals surface area contributed by atoms with Gasteiger partial charge in [-0.1, -0.05) is 13.0 Å². The zero-order chi connectivity index (χ0) is 9.90. The fourth-order valence-corrected chi connectivity index (χ4v) is 0.948. The van der Waals surface area contributed by atoms with Gasteiger partial charge in [0.05, 0.1) is 5.92 Å². The molecule has 0 amide bonds. The van der Waals surface area contributed by atoms with Crippen molar-refractivity contribution in [3.63, 3.8) is 0 Å². The van der Waals surface area contributed by atoms with Gasteiger partial charge in [0.15, 0.2) is 0 Å². The third-order valence-electron chi connectivity index (χ3n) is 1.80. The number of aromatic nitrogens is 1. The van der Waals surface area contributed by atoms with Crippen LogP contribution < -0.4 is 0 Å². The number of rotatable bonds is 2. The fourth-order valence-electron chi connectivity index (χ4n) is 0.948. The Balaban J connectivity index is 2.61. The molecule has 1 nitrogen and oxygen atoms in total. The predicted octanol–water partition coefficient (Wildman–Crippen LogP) is 2.82. The van der Waals surface area contributed by atoms with E-state index >= 15 is 0 Å². The number of alkyl halides is 3. The molecule has 0 bridgehead atoms. The lowest BCUT2D eigenvalue weighted by Crippen LogP contribution is -2.22. The van der Waals surface area contributed by atoms with Gasteiger partial charge < -0.3 is 0 Å². The minimum absolute atomic E-state index is 0.0513. The Bertz CT molecular complexity index is 255. The van der Waals surface area contributed by atoms with Crippen LogP contribution in [0, 0.1) is 5.92 Å². The van der Waals surface area contributed by atoms with Gasteiger partial charge in [-0.15, -0.1) is 0 Å². The normalized spacial score (nSPS) is 14.2. The molecule has 0 aromatic carbocycles. The summed E-state index contributed by atoms with van der Waals surface area (Å²) in [5, 5.41) is 0. The maximum absolute atomic E-state index is 12.1. The Morgan fingerprint density at radius 1 is 1.38 bits per heavy atom. The maximum atomic E-state index is 12.1. The first-order valence-corrected chi connectivity index (χ1v) is 3.97. The smallest absolute Gasteiger partial charge is 0.261 e. The largest absolute Gasteiger partial charge is 0.391 e. The summed E-state index contributed by atoms with van der Waals surface area (Å²) in [5.74, 6) is -1.33.